The maximum Gasteiger partial charge on any atom is 0.336 e. The summed E-state index contributed by atoms with van der Waals surface area (Å²) in [5.74, 6) is 3.43. The number of aromatic nitrogens is 3. The zero-order chi connectivity index (χ0) is 20.7. The van der Waals surface area contributed by atoms with E-state index >= 15 is 0 Å². The second-order valence-corrected chi connectivity index (χ2v) is 9.20. The van der Waals surface area contributed by atoms with Crippen LogP contribution in [0, 0.1) is 23.2 Å². The summed E-state index contributed by atoms with van der Waals surface area (Å²) < 4.78 is 17.5. The average Bonchev–Trinajstić information content (AvgIpc) is 3.16. The van der Waals surface area contributed by atoms with Crippen molar-refractivity contribution in [1.82, 2.24) is 14.8 Å². The molecule has 160 valence electrons. The van der Waals surface area contributed by atoms with E-state index in [1.54, 1.807) is 14.2 Å². The molecule has 0 saturated heterocycles. The zero-order valence-corrected chi connectivity index (χ0v) is 17.7. The fraction of sp³-hybridized carbons (Fsp3) is 0.609. The van der Waals surface area contributed by atoms with Gasteiger partial charge in [-0.25, -0.2) is 0 Å². The van der Waals surface area contributed by atoms with Crippen molar-refractivity contribution in [3.63, 3.8) is 0 Å². The van der Waals surface area contributed by atoms with Crippen molar-refractivity contribution in [1.29, 1.82) is 0 Å². The number of ether oxygens (including phenoxy) is 3. The fourth-order valence-corrected chi connectivity index (χ4v) is 6.24. The molecule has 7 heteroatoms. The van der Waals surface area contributed by atoms with Gasteiger partial charge in [0.25, 0.3) is 5.91 Å². The van der Waals surface area contributed by atoms with E-state index in [0.29, 0.717) is 36.8 Å². The first kappa shape index (κ1) is 19.5. The van der Waals surface area contributed by atoms with Gasteiger partial charge in [0.05, 0.1) is 19.1 Å². The molecule has 0 radical (unpaired) electrons. The van der Waals surface area contributed by atoms with Gasteiger partial charge in [-0.1, -0.05) is 0 Å². The molecule has 1 aromatic carbocycles. The van der Waals surface area contributed by atoms with E-state index in [0.717, 1.165) is 30.6 Å². The van der Waals surface area contributed by atoms with Crippen molar-refractivity contribution in [2.24, 2.45) is 23.2 Å². The molecule has 7 nitrogen and oxygen atoms in total. The molecule has 0 aliphatic heterocycles. The monoisotopic (exact) mass is 411 g/mol. The van der Waals surface area contributed by atoms with Crippen LogP contribution in [-0.4, -0.2) is 48.1 Å². The topological polar surface area (TPSA) is 75.5 Å². The molecule has 0 unspecified atom stereocenters. The van der Waals surface area contributed by atoms with E-state index in [4.69, 9.17) is 14.2 Å². The van der Waals surface area contributed by atoms with Gasteiger partial charge in [-0.3, -0.25) is 4.79 Å². The third-order valence-electron chi connectivity index (χ3n) is 7.14. The standard InChI is InChI=1S/C23H29N3O4/c1-28-7-8-30-22-24-20(18-3-5-19(29-2)6-4-18)26(25-22)21(27)23-12-15-9-16(13-23)11-17(10-15)14-23/h3-6,15-17H,7-14H2,1-2H3. The summed E-state index contributed by atoms with van der Waals surface area (Å²) >= 11 is 0. The van der Waals surface area contributed by atoms with Gasteiger partial charge in [0.1, 0.15) is 12.4 Å². The smallest absolute Gasteiger partial charge is 0.336 e. The highest BCUT2D eigenvalue weighted by Crippen LogP contribution is 2.60. The van der Waals surface area contributed by atoms with E-state index in [2.05, 4.69) is 10.1 Å². The molecule has 30 heavy (non-hydrogen) atoms. The lowest BCUT2D eigenvalue weighted by atomic mass is 9.49. The van der Waals surface area contributed by atoms with Crippen molar-refractivity contribution in [3.8, 4) is 23.1 Å². The molecular formula is C23H29N3O4. The molecule has 2 aromatic rings. The Hall–Kier alpha value is -2.41. The van der Waals surface area contributed by atoms with Gasteiger partial charge in [0.2, 0.25) is 0 Å². The molecule has 6 rings (SSSR count). The highest BCUT2D eigenvalue weighted by molar-refractivity contribution is 5.88. The number of rotatable bonds is 7. The summed E-state index contributed by atoms with van der Waals surface area (Å²) in [6.45, 7) is 0.781. The first-order chi connectivity index (χ1) is 14.6. The van der Waals surface area contributed by atoms with Crippen LogP contribution in [0.25, 0.3) is 11.4 Å². The average molecular weight is 412 g/mol. The van der Waals surface area contributed by atoms with Crippen molar-refractivity contribution in [2.45, 2.75) is 38.5 Å². The van der Waals surface area contributed by atoms with E-state index in [-0.39, 0.29) is 17.3 Å². The van der Waals surface area contributed by atoms with Crippen LogP contribution in [0.15, 0.2) is 24.3 Å². The highest BCUT2D eigenvalue weighted by Gasteiger charge is 2.55. The second-order valence-electron chi connectivity index (χ2n) is 9.20. The van der Waals surface area contributed by atoms with Crippen LogP contribution in [-0.2, 0) is 4.74 Å². The summed E-state index contributed by atoms with van der Waals surface area (Å²) in [7, 11) is 3.25. The number of methoxy groups -OCH3 is 2. The molecule has 4 aliphatic rings. The minimum atomic E-state index is -0.298. The molecule has 0 spiro atoms. The van der Waals surface area contributed by atoms with E-state index in [1.807, 2.05) is 24.3 Å². The maximum atomic E-state index is 13.9. The number of benzene rings is 1. The summed E-state index contributed by atoms with van der Waals surface area (Å²) in [5.41, 5.74) is 0.524. The van der Waals surface area contributed by atoms with Crippen molar-refractivity contribution in [3.05, 3.63) is 24.3 Å². The summed E-state index contributed by atoms with van der Waals surface area (Å²) in [4.78, 5) is 18.5. The van der Waals surface area contributed by atoms with E-state index in [1.165, 1.54) is 23.9 Å². The van der Waals surface area contributed by atoms with Gasteiger partial charge < -0.3 is 14.2 Å². The molecule has 4 fully saturated rings. The molecular weight excluding hydrogens is 382 g/mol. The van der Waals surface area contributed by atoms with Crippen LogP contribution in [0.1, 0.15) is 43.3 Å². The molecule has 4 bridgehead atoms. The Morgan fingerprint density at radius 1 is 1.03 bits per heavy atom. The lowest BCUT2D eigenvalue weighted by molar-refractivity contribution is -0.0408. The van der Waals surface area contributed by atoms with Crippen molar-refractivity contribution < 1.29 is 19.0 Å². The molecule has 4 saturated carbocycles. The maximum absolute atomic E-state index is 13.9. The van der Waals surface area contributed by atoms with Crippen LogP contribution in [0.2, 0.25) is 0 Å². The fourth-order valence-electron chi connectivity index (χ4n) is 6.24. The Bertz CT molecular complexity index is 886. The largest absolute Gasteiger partial charge is 0.497 e. The van der Waals surface area contributed by atoms with Gasteiger partial charge in [-0.2, -0.15) is 9.67 Å². The number of hydrogen-bond donors (Lipinski definition) is 0. The molecule has 0 amide bonds. The third-order valence-corrected chi connectivity index (χ3v) is 7.14. The van der Waals surface area contributed by atoms with Crippen molar-refractivity contribution in [2.75, 3.05) is 27.4 Å². The normalized spacial score (nSPS) is 29.2. The van der Waals surface area contributed by atoms with E-state index in [9.17, 15) is 4.79 Å². The molecule has 1 heterocycles. The van der Waals surface area contributed by atoms with E-state index < -0.39 is 0 Å². The van der Waals surface area contributed by atoms with Gasteiger partial charge in [-0.15, -0.1) is 5.10 Å². The van der Waals surface area contributed by atoms with Gasteiger partial charge in [-0.05, 0) is 80.5 Å². The predicted molar refractivity (Wildman–Crippen MR) is 111 cm³/mol. The summed E-state index contributed by atoms with van der Waals surface area (Å²) in [6.07, 6.45) is 6.83. The Morgan fingerprint density at radius 3 is 2.23 bits per heavy atom. The Balaban J connectivity index is 1.50. The summed E-state index contributed by atoms with van der Waals surface area (Å²) in [5, 5.41) is 4.51. The SMILES string of the molecule is COCCOc1nc(-c2ccc(OC)cc2)n(C(=O)C23CC4CC(CC(C4)C2)C3)n1. The molecule has 0 N–H and O–H groups in total. The second kappa shape index (κ2) is 7.69. The lowest BCUT2D eigenvalue weighted by Crippen LogP contribution is -2.51. The number of carbonyl (C=O) groups is 1. The minimum Gasteiger partial charge on any atom is -0.497 e. The Kier molecular flexibility index (Phi) is 5.01. The summed E-state index contributed by atoms with van der Waals surface area (Å²) in [6, 6.07) is 7.77. The van der Waals surface area contributed by atoms with Crippen LogP contribution in [0.3, 0.4) is 0 Å². The lowest BCUT2D eigenvalue weighted by Gasteiger charge is -2.55. The molecule has 0 atom stereocenters. The van der Waals surface area contributed by atoms with Gasteiger partial charge >= 0.3 is 6.01 Å². The Labute approximate surface area is 176 Å². The van der Waals surface area contributed by atoms with Crippen LogP contribution >= 0.6 is 0 Å². The Morgan fingerprint density at radius 2 is 1.67 bits per heavy atom. The van der Waals surface area contributed by atoms with Gasteiger partial charge in [0, 0.05) is 12.7 Å². The first-order valence-corrected chi connectivity index (χ1v) is 10.9. The number of carbonyl (C=O) groups excluding carboxylic acids is 1. The van der Waals surface area contributed by atoms with Crippen LogP contribution < -0.4 is 9.47 Å². The molecule has 1 aromatic heterocycles. The van der Waals surface area contributed by atoms with Gasteiger partial charge in [0.15, 0.2) is 5.82 Å². The first-order valence-electron chi connectivity index (χ1n) is 10.9. The number of hydrogen-bond acceptors (Lipinski definition) is 6. The predicted octanol–water partition coefficient (Wildman–Crippen LogP) is 3.84. The van der Waals surface area contributed by atoms with Crippen LogP contribution in [0.5, 0.6) is 11.8 Å². The third kappa shape index (κ3) is 3.39. The van der Waals surface area contributed by atoms with Crippen molar-refractivity contribution >= 4 is 5.91 Å². The highest BCUT2D eigenvalue weighted by atomic mass is 16.5. The van der Waals surface area contributed by atoms with Crippen LogP contribution in [0.4, 0.5) is 0 Å². The quantitative estimate of drug-likeness (QED) is 0.645. The minimum absolute atomic E-state index is 0.0847. The number of nitrogens with zero attached hydrogens (tertiary/aromatic N) is 3. The molecule has 4 aliphatic carbocycles. The zero-order valence-electron chi connectivity index (χ0n) is 17.7.